The zero-order chi connectivity index (χ0) is 11.7. The molecule has 4 N–H and O–H groups in total. The average Bonchev–Trinajstić information content (AvgIpc) is 2.39. The summed E-state index contributed by atoms with van der Waals surface area (Å²) < 4.78 is 0. The highest BCUT2D eigenvalue weighted by atomic mass is 15.3. The van der Waals surface area contributed by atoms with Crippen LogP contribution in [0.1, 0.15) is 11.3 Å². The maximum Gasteiger partial charge on any atom is 0.222 e. The molecule has 0 bridgehead atoms. The molecule has 0 atom stereocenters. The summed E-state index contributed by atoms with van der Waals surface area (Å²) in [5.41, 5.74) is 8.14. The van der Waals surface area contributed by atoms with Crippen molar-refractivity contribution < 1.29 is 0 Å². The number of rotatable bonds is 1. The number of anilines is 2. The van der Waals surface area contributed by atoms with E-state index in [1.54, 1.807) is 0 Å². The Labute approximate surface area is 101 Å². The van der Waals surface area contributed by atoms with Gasteiger partial charge in [0.05, 0.1) is 5.69 Å². The van der Waals surface area contributed by atoms with Crippen LogP contribution in [0.3, 0.4) is 0 Å². The van der Waals surface area contributed by atoms with E-state index in [0.717, 1.165) is 57.2 Å². The Morgan fingerprint density at radius 2 is 1.88 bits per heavy atom. The molecule has 2 aliphatic heterocycles. The predicted octanol–water partition coefficient (Wildman–Crippen LogP) is -0.886. The van der Waals surface area contributed by atoms with Crippen LogP contribution < -0.4 is 21.3 Å². The standard InChI is InChI=1S/C11H18N6/c12-11-15-9-7-14-2-1-8(9)10(16-11)17-5-3-13-4-6-17/h13-14H,1-7H2,(H2,12,15,16). The van der Waals surface area contributed by atoms with Gasteiger partial charge in [-0.05, 0) is 13.0 Å². The fourth-order valence-electron chi connectivity index (χ4n) is 2.50. The van der Waals surface area contributed by atoms with Crippen LogP contribution in [0.2, 0.25) is 0 Å². The van der Waals surface area contributed by atoms with Gasteiger partial charge in [0.1, 0.15) is 5.82 Å². The van der Waals surface area contributed by atoms with Gasteiger partial charge >= 0.3 is 0 Å². The molecule has 1 aromatic heterocycles. The summed E-state index contributed by atoms with van der Waals surface area (Å²) in [5, 5.41) is 6.67. The first-order valence-corrected chi connectivity index (χ1v) is 6.16. The second-order valence-corrected chi connectivity index (χ2v) is 4.49. The average molecular weight is 234 g/mol. The van der Waals surface area contributed by atoms with Gasteiger partial charge in [-0.15, -0.1) is 0 Å². The van der Waals surface area contributed by atoms with E-state index in [2.05, 4.69) is 25.5 Å². The van der Waals surface area contributed by atoms with E-state index < -0.39 is 0 Å². The molecule has 0 spiro atoms. The van der Waals surface area contributed by atoms with Gasteiger partial charge in [-0.3, -0.25) is 0 Å². The van der Waals surface area contributed by atoms with Crippen molar-refractivity contribution >= 4 is 11.8 Å². The molecule has 0 unspecified atom stereocenters. The minimum Gasteiger partial charge on any atom is -0.368 e. The van der Waals surface area contributed by atoms with Crippen molar-refractivity contribution in [3.05, 3.63) is 11.3 Å². The highest BCUT2D eigenvalue weighted by Gasteiger charge is 2.21. The van der Waals surface area contributed by atoms with Crippen molar-refractivity contribution in [2.75, 3.05) is 43.4 Å². The van der Waals surface area contributed by atoms with E-state index in [4.69, 9.17) is 5.73 Å². The van der Waals surface area contributed by atoms with Gasteiger partial charge in [0, 0.05) is 38.3 Å². The van der Waals surface area contributed by atoms with Crippen molar-refractivity contribution in [2.24, 2.45) is 0 Å². The Bertz CT molecular complexity index is 413. The lowest BCUT2D eigenvalue weighted by atomic mass is 10.1. The maximum absolute atomic E-state index is 5.80. The van der Waals surface area contributed by atoms with E-state index in [-0.39, 0.29) is 0 Å². The number of fused-ring (bicyclic) bond motifs is 1. The highest BCUT2D eigenvalue weighted by molar-refractivity contribution is 5.53. The van der Waals surface area contributed by atoms with Crippen molar-refractivity contribution in [3.8, 4) is 0 Å². The molecule has 0 radical (unpaired) electrons. The fraction of sp³-hybridized carbons (Fsp3) is 0.636. The molecule has 0 amide bonds. The summed E-state index contributed by atoms with van der Waals surface area (Å²) in [5.74, 6) is 1.44. The first kappa shape index (κ1) is 10.7. The van der Waals surface area contributed by atoms with Crippen molar-refractivity contribution in [2.45, 2.75) is 13.0 Å². The molecule has 0 saturated carbocycles. The number of nitrogens with zero attached hydrogens (tertiary/aromatic N) is 3. The SMILES string of the molecule is Nc1nc2c(c(N3CCNCC3)n1)CCNC2. The molecular weight excluding hydrogens is 216 g/mol. The van der Waals surface area contributed by atoms with Gasteiger partial charge in [-0.25, -0.2) is 4.98 Å². The molecule has 6 nitrogen and oxygen atoms in total. The number of nitrogens with two attached hydrogens (primary N) is 1. The van der Waals surface area contributed by atoms with Crippen molar-refractivity contribution in [1.29, 1.82) is 0 Å². The Balaban J connectivity index is 1.98. The van der Waals surface area contributed by atoms with E-state index in [1.807, 2.05) is 0 Å². The normalized spacial score (nSPS) is 20.1. The Kier molecular flexibility index (Phi) is 2.82. The van der Waals surface area contributed by atoms with E-state index in [9.17, 15) is 0 Å². The number of piperazine rings is 1. The molecule has 1 aromatic rings. The largest absolute Gasteiger partial charge is 0.368 e. The molecule has 0 aromatic carbocycles. The molecule has 1 fully saturated rings. The second-order valence-electron chi connectivity index (χ2n) is 4.49. The molecule has 3 heterocycles. The summed E-state index contributed by atoms with van der Waals surface area (Å²) in [6.07, 6.45) is 0.995. The second kappa shape index (κ2) is 4.46. The van der Waals surface area contributed by atoms with Crippen LogP contribution in [-0.2, 0) is 13.0 Å². The van der Waals surface area contributed by atoms with Gasteiger partial charge in [-0.2, -0.15) is 4.98 Å². The zero-order valence-electron chi connectivity index (χ0n) is 9.87. The van der Waals surface area contributed by atoms with Crippen molar-refractivity contribution in [1.82, 2.24) is 20.6 Å². The van der Waals surface area contributed by atoms with Crippen LogP contribution in [-0.4, -0.2) is 42.7 Å². The topological polar surface area (TPSA) is 79.1 Å². The summed E-state index contributed by atoms with van der Waals surface area (Å²) in [6, 6.07) is 0. The van der Waals surface area contributed by atoms with Gasteiger partial charge in [0.25, 0.3) is 0 Å². The number of nitrogens with one attached hydrogen (secondary N) is 2. The van der Waals surface area contributed by atoms with E-state index in [1.165, 1.54) is 5.56 Å². The van der Waals surface area contributed by atoms with Crippen molar-refractivity contribution in [3.63, 3.8) is 0 Å². The predicted molar refractivity (Wildman–Crippen MR) is 66.9 cm³/mol. The molecular formula is C11H18N6. The summed E-state index contributed by atoms with van der Waals surface area (Å²) in [6.45, 7) is 5.82. The monoisotopic (exact) mass is 234 g/mol. The number of hydrogen-bond donors (Lipinski definition) is 3. The molecule has 0 aliphatic carbocycles. The Morgan fingerprint density at radius 3 is 2.71 bits per heavy atom. The minimum atomic E-state index is 0.390. The summed E-state index contributed by atoms with van der Waals surface area (Å²) in [4.78, 5) is 11.1. The van der Waals surface area contributed by atoms with Crippen LogP contribution in [0.25, 0.3) is 0 Å². The Morgan fingerprint density at radius 1 is 1.06 bits per heavy atom. The summed E-state index contributed by atoms with van der Waals surface area (Å²) >= 11 is 0. The van der Waals surface area contributed by atoms with Gasteiger partial charge in [0.2, 0.25) is 5.95 Å². The molecule has 1 saturated heterocycles. The lowest BCUT2D eigenvalue weighted by molar-refractivity contribution is 0.573. The lowest BCUT2D eigenvalue weighted by Crippen LogP contribution is -2.45. The fourth-order valence-corrected chi connectivity index (χ4v) is 2.50. The third-order valence-corrected chi connectivity index (χ3v) is 3.35. The van der Waals surface area contributed by atoms with Gasteiger partial charge in [-0.1, -0.05) is 0 Å². The van der Waals surface area contributed by atoms with Crippen LogP contribution in [0.4, 0.5) is 11.8 Å². The summed E-state index contributed by atoms with van der Waals surface area (Å²) in [7, 11) is 0. The van der Waals surface area contributed by atoms with Gasteiger partial charge in [0.15, 0.2) is 0 Å². The minimum absolute atomic E-state index is 0.390. The smallest absolute Gasteiger partial charge is 0.222 e. The maximum atomic E-state index is 5.80. The molecule has 3 rings (SSSR count). The molecule has 92 valence electrons. The van der Waals surface area contributed by atoms with Crippen LogP contribution >= 0.6 is 0 Å². The van der Waals surface area contributed by atoms with Crippen LogP contribution in [0.5, 0.6) is 0 Å². The highest BCUT2D eigenvalue weighted by Crippen LogP contribution is 2.24. The van der Waals surface area contributed by atoms with E-state index >= 15 is 0 Å². The third-order valence-electron chi connectivity index (χ3n) is 3.35. The van der Waals surface area contributed by atoms with E-state index in [0.29, 0.717) is 5.95 Å². The first-order chi connectivity index (χ1) is 8.34. The number of aromatic nitrogens is 2. The molecule has 2 aliphatic rings. The lowest BCUT2D eigenvalue weighted by Gasteiger charge is -2.31. The van der Waals surface area contributed by atoms with Crippen LogP contribution in [0, 0.1) is 0 Å². The molecule has 6 heteroatoms. The number of hydrogen-bond acceptors (Lipinski definition) is 6. The van der Waals surface area contributed by atoms with Crippen LogP contribution in [0.15, 0.2) is 0 Å². The Hall–Kier alpha value is -1.40. The quantitative estimate of drug-likeness (QED) is 0.585. The van der Waals surface area contributed by atoms with Gasteiger partial charge < -0.3 is 21.3 Å². The first-order valence-electron chi connectivity index (χ1n) is 6.16. The third kappa shape index (κ3) is 2.05. The zero-order valence-corrected chi connectivity index (χ0v) is 9.87. The number of nitrogen functional groups attached to an aromatic ring is 1. The molecule has 17 heavy (non-hydrogen) atoms.